The number of hydrogen-bond acceptors (Lipinski definition) is 6. The van der Waals surface area contributed by atoms with Gasteiger partial charge in [0.25, 0.3) is 0 Å². The van der Waals surface area contributed by atoms with E-state index in [1.165, 1.54) is 49.3 Å². The first-order valence-electron chi connectivity index (χ1n) is 13.9. The van der Waals surface area contributed by atoms with Crippen molar-refractivity contribution in [1.29, 1.82) is 0 Å². The van der Waals surface area contributed by atoms with E-state index in [0.717, 1.165) is 16.7 Å². The fourth-order valence-electron chi connectivity index (χ4n) is 4.97. The second kappa shape index (κ2) is 12.6. The van der Waals surface area contributed by atoms with Gasteiger partial charge in [0.15, 0.2) is 0 Å². The van der Waals surface area contributed by atoms with E-state index in [-0.39, 0.29) is 53.3 Å². The van der Waals surface area contributed by atoms with Crippen LogP contribution in [0.2, 0.25) is 0 Å². The van der Waals surface area contributed by atoms with Crippen LogP contribution in [0, 0.1) is 26.7 Å². The van der Waals surface area contributed by atoms with Crippen molar-refractivity contribution < 1.29 is 25.3 Å². The van der Waals surface area contributed by atoms with Gasteiger partial charge in [-0.15, -0.1) is 0 Å². The Morgan fingerprint density at radius 1 is 0.524 bits per heavy atom. The number of sulfonamides is 3. The third kappa shape index (κ3) is 6.79. The molecule has 0 saturated carbocycles. The van der Waals surface area contributed by atoms with Gasteiger partial charge in [-0.05, 0) is 63.1 Å². The first-order valence-corrected chi connectivity index (χ1v) is 18.2. The first-order chi connectivity index (χ1) is 19.6. The molecular formula is C30H39N3O6S3. The Kier molecular flexibility index (Phi) is 9.66. The van der Waals surface area contributed by atoms with E-state index >= 15 is 0 Å². The van der Waals surface area contributed by atoms with Crippen molar-refractivity contribution in [3.05, 3.63) is 89.5 Å². The molecule has 0 bridgehead atoms. The molecule has 3 aromatic carbocycles. The quantitative estimate of drug-likeness (QED) is 0.389. The molecule has 0 spiro atoms. The Morgan fingerprint density at radius 2 is 0.857 bits per heavy atom. The highest BCUT2D eigenvalue weighted by Crippen LogP contribution is 2.28. The van der Waals surface area contributed by atoms with E-state index in [1.807, 2.05) is 34.6 Å². The summed E-state index contributed by atoms with van der Waals surface area (Å²) < 4.78 is 87.5. The average Bonchev–Trinajstić information content (AvgIpc) is 3.03. The number of aryl methyl sites for hydroxylation is 3. The van der Waals surface area contributed by atoms with E-state index in [2.05, 4.69) is 0 Å². The summed E-state index contributed by atoms with van der Waals surface area (Å²) in [5.74, 6) is -0.277. The summed E-state index contributed by atoms with van der Waals surface area (Å²) in [6, 6.07) is 18.5. The van der Waals surface area contributed by atoms with Gasteiger partial charge in [0, 0.05) is 38.8 Å². The monoisotopic (exact) mass is 633 g/mol. The molecule has 228 valence electrons. The summed E-state index contributed by atoms with van der Waals surface area (Å²) in [6.45, 7) is 8.58. The van der Waals surface area contributed by atoms with Crippen molar-refractivity contribution in [1.82, 2.24) is 12.9 Å². The molecule has 0 aromatic heterocycles. The Balaban J connectivity index is 1.84. The highest BCUT2D eigenvalue weighted by atomic mass is 32.2. The molecule has 4 rings (SSSR count). The second-order valence-corrected chi connectivity index (χ2v) is 16.9. The standard InChI is InChI=1S/C30H39N3O6S3/c1-23(2)30-22-32(41(36,37)28-14-8-25(4)9-15-28)19-18-31(40(34,35)27-12-6-24(3)7-13-27)20-21-33(30)42(38,39)29-16-10-26(5)11-17-29/h6-17,23,30H,18-22H2,1-5H3/t30-/m1/s1. The van der Waals surface area contributed by atoms with E-state index in [9.17, 15) is 25.3 Å². The maximum Gasteiger partial charge on any atom is 0.243 e. The maximum absolute atomic E-state index is 14.1. The van der Waals surface area contributed by atoms with Crippen molar-refractivity contribution >= 4 is 30.1 Å². The van der Waals surface area contributed by atoms with E-state index in [1.54, 1.807) is 36.4 Å². The van der Waals surface area contributed by atoms with Gasteiger partial charge in [-0.1, -0.05) is 66.9 Å². The molecule has 0 amide bonds. The van der Waals surface area contributed by atoms with Crippen molar-refractivity contribution in [2.24, 2.45) is 5.92 Å². The van der Waals surface area contributed by atoms with Crippen LogP contribution in [0.1, 0.15) is 30.5 Å². The third-order valence-electron chi connectivity index (χ3n) is 7.64. The molecular weight excluding hydrogens is 595 g/mol. The molecule has 1 saturated heterocycles. The predicted molar refractivity (Wildman–Crippen MR) is 164 cm³/mol. The zero-order valence-electron chi connectivity index (χ0n) is 24.6. The summed E-state index contributed by atoms with van der Waals surface area (Å²) >= 11 is 0. The summed E-state index contributed by atoms with van der Waals surface area (Å²) in [5.41, 5.74) is 2.68. The largest absolute Gasteiger partial charge is 0.243 e. The Bertz CT molecular complexity index is 1700. The lowest BCUT2D eigenvalue weighted by molar-refractivity contribution is 0.225. The second-order valence-electron chi connectivity index (χ2n) is 11.1. The molecule has 42 heavy (non-hydrogen) atoms. The summed E-state index contributed by atoms with van der Waals surface area (Å²) in [5, 5.41) is 0. The topological polar surface area (TPSA) is 112 Å². The lowest BCUT2D eigenvalue weighted by Crippen LogP contribution is -2.51. The lowest BCUT2D eigenvalue weighted by atomic mass is 10.0. The Labute approximate surface area is 250 Å². The van der Waals surface area contributed by atoms with Crippen LogP contribution in [0.4, 0.5) is 0 Å². The molecule has 0 aliphatic carbocycles. The van der Waals surface area contributed by atoms with Crippen molar-refractivity contribution in [3.63, 3.8) is 0 Å². The van der Waals surface area contributed by atoms with Gasteiger partial charge in [-0.3, -0.25) is 0 Å². The maximum atomic E-state index is 14.1. The van der Waals surface area contributed by atoms with Crippen LogP contribution in [-0.2, 0) is 30.1 Å². The molecule has 12 heteroatoms. The van der Waals surface area contributed by atoms with Crippen molar-refractivity contribution in [2.75, 3.05) is 32.7 Å². The number of benzene rings is 3. The SMILES string of the molecule is Cc1ccc(S(=O)(=O)N2CCN(S(=O)(=O)c3ccc(C)cc3)C[C@H](C(C)C)N(S(=O)(=O)c3ccc(C)cc3)CC2)cc1. The molecule has 1 aliphatic rings. The third-order valence-corrected chi connectivity index (χ3v) is 13.4. The van der Waals surface area contributed by atoms with Crippen LogP contribution in [0.3, 0.4) is 0 Å². The van der Waals surface area contributed by atoms with Gasteiger partial charge < -0.3 is 0 Å². The lowest BCUT2D eigenvalue weighted by Gasteiger charge is -2.36. The van der Waals surface area contributed by atoms with Crippen LogP contribution in [0.15, 0.2) is 87.5 Å². The summed E-state index contributed by atoms with van der Waals surface area (Å²) in [7, 11) is -12.3. The van der Waals surface area contributed by atoms with Crippen LogP contribution in [0.5, 0.6) is 0 Å². The molecule has 0 unspecified atom stereocenters. The minimum atomic E-state index is -4.12. The molecule has 1 heterocycles. The number of rotatable bonds is 7. The van der Waals surface area contributed by atoms with Crippen molar-refractivity contribution in [2.45, 2.75) is 55.3 Å². The first kappa shape index (κ1) is 32.3. The molecule has 0 N–H and O–H groups in total. The Morgan fingerprint density at radius 3 is 1.26 bits per heavy atom. The van der Waals surface area contributed by atoms with Crippen LogP contribution in [-0.4, -0.2) is 76.9 Å². The zero-order valence-corrected chi connectivity index (χ0v) is 27.1. The van der Waals surface area contributed by atoms with Gasteiger partial charge in [-0.25, -0.2) is 25.3 Å². The Hall–Kier alpha value is -2.61. The van der Waals surface area contributed by atoms with Crippen molar-refractivity contribution in [3.8, 4) is 0 Å². The van der Waals surface area contributed by atoms with E-state index in [4.69, 9.17) is 0 Å². The smallest absolute Gasteiger partial charge is 0.207 e. The molecule has 1 atom stereocenters. The van der Waals surface area contributed by atoms with Gasteiger partial charge >= 0.3 is 0 Å². The summed E-state index contributed by atoms with van der Waals surface area (Å²) in [6.07, 6.45) is 0. The van der Waals surface area contributed by atoms with Crippen LogP contribution in [0.25, 0.3) is 0 Å². The van der Waals surface area contributed by atoms with Gasteiger partial charge in [0.1, 0.15) is 0 Å². The van der Waals surface area contributed by atoms with E-state index in [0.29, 0.717) is 0 Å². The minimum Gasteiger partial charge on any atom is -0.207 e. The van der Waals surface area contributed by atoms with Crippen LogP contribution >= 0.6 is 0 Å². The predicted octanol–water partition coefficient (Wildman–Crippen LogP) is 4.02. The average molecular weight is 634 g/mol. The fourth-order valence-corrected chi connectivity index (χ4v) is 9.58. The molecule has 1 fully saturated rings. The molecule has 1 aliphatic heterocycles. The summed E-state index contributed by atoms with van der Waals surface area (Å²) in [4.78, 5) is 0.197. The molecule has 9 nitrogen and oxygen atoms in total. The highest BCUT2D eigenvalue weighted by Gasteiger charge is 2.40. The zero-order chi connectivity index (χ0) is 30.9. The van der Waals surface area contributed by atoms with Crippen LogP contribution < -0.4 is 0 Å². The number of hydrogen-bond donors (Lipinski definition) is 0. The normalized spacial score (nSPS) is 18.9. The molecule has 3 aromatic rings. The van der Waals surface area contributed by atoms with Gasteiger partial charge in [0.05, 0.1) is 14.7 Å². The number of nitrogens with zero attached hydrogens (tertiary/aromatic N) is 3. The van der Waals surface area contributed by atoms with E-state index < -0.39 is 36.1 Å². The van der Waals surface area contributed by atoms with Gasteiger partial charge in [-0.2, -0.15) is 12.9 Å². The fraction of sp³-hybridized carbons (Fsp3) is 0.400. The highest BCUT2D eigenvalue weighted by molar-refractivity contribution is 7.90. The minimum absolute atomic E-state index is 0.0636. The molecule has 0 radical (unpaired) electrons. The van der Waals surface area contributed by atoms with Gasteiger partial charge in [0.2, 0.25) is 30.1 Å².